The zero-order chi connectivity index (χ0) is 12.3. The van der Waals surface area contributed by atoms with Crippen LogP contribution in [0.15, 0.2) is 35.7 Å². The maximum Gasteiger partial charge on any atom is 0.0468 e. The Morgan fingerprint density at radius 2 is 1.94 bits per heavy atom. The highest BCUT2D eigenvalue weighted by Gasteiger charge is 2.06. The van der Waals surface area contributed by atoms with Crippen LogP contribution >= 0.6 is 11.3 Å². The number of thiophene rings is 1. The molecule has 2 aromatic rings. The Morgan fingerprint density at radius 3 is 2.53 bits per heavy atom. The molecule has 3 N–H and O–H groups in total. The quantitative estimate of drug-likeness (QED) is 0.866. The molecule has 1 aromatic carbocycles. The summed E-state index contributed by atoms with van der Waals surface area (Å²) in [5.41, 5.74) is 9.35. The van der Waals surface area contributed by atoms with E-state index < -0.39 is 0 Å². The lowest BCUT2D eigenvalue weighted by Gasteiger charge is -2.14. The molecule has 17 heavy (non-hydrogen) atoms. The second kappa shape index (κ2) is 5.34. The molecule has 0 spiro atoms. The topological polar surface area (TPSA) is 38.0 Å². The summed E-state index contributed by atoms with van der Waals surface area (Å²) in [4.78, 5) is 1.21. The first-order valence-electron chi connectivity index (χ1n) is 5.78. The lowest BCUT2D eigenvalue weighted by Crippen LogP contribution is -2.17. The molecule has 0 aliphatic heterocycles. The molecule has 1 atom stereocenters. The Bertz CT molecular complexity index is 473. The molecule has 0 amide bonds. The fourth-order valence-corrected chi connectivity index (χ4v) is 2.46. The van der Waals surface area contributed by atoms with Gasteiger partial charge < -0.3 is 11.1 Å². The first-order valence-corrected chi connectivity index (χ1v) is 6.66. The van der Waals surface area contributed by atoms with Crippen molar-refractivity contribution in [3.05, 3.63) is 51.7 Å². The zero-order valence-electron chi connectivity index (χ0n) is 10.2. The molecular formula is C14H18N2S. The van der Waals surface area contributed by atoms with Crippen molar-refractivity contribution in [2.45, 2.75) is 26.4 Å². The van der Waals surface area contributed by atoms with Crippen LogP contribution in [0.3, 0.4) is 0 Å². The van der Waals surface area contributed by atoms with Crippen molar-refractivity contribution >= 4 is 17.0 Å². The van der Waals surface area contributed by atoms with E-state index in [1.807, 2.05) is 11.4 Å². The zero-order valence-corrected chi connectivity index (χ0v) is 11.1. The van der Waals surface area contributed by atoms with Gasteiger partial charge in [-0.1, -0.05) is 29.8 Å². The Morgan fingerprint density at radius 1 is 1.24 bits per heavy atom. The van der Waals surface area contributed by atoms with Crippen molar-refractivity contribution in [3.63, 3.8) is 0 Å². The molecular weight excluding hydrogens is 228 g/mol. The Labute approximate surface area is 106 Å². The summed E-state index contributed by atoms with van der Waals surface area (Å²) < 4.78 is 0. The Balaban J connectivity index is 1.95. The molecule has 0 saturated carbocycles. The average molecular weight is 246 g/mol. The van der Waals surface area contributed by atoms with Crippen molar-refractivity contribution < 1.29 is 0 Å². The number of aryl methyl sites for hydroxylation is 1. The predicted molar refractivity (Wildman–Crippen MR) is 75.2 cm³/mol. The molecule has 0 radical (unpaired) electrons. The predicted octanol–water partition coefficient (Wildman–Crippen LogP) is 3.49. The first-order chi connectivity index (χ1) is 8.16. The van der Waals surface area contributed by atoms with Crippen LogP contribution < -0.4 is 11.1 Å². The SMILES string of the molecule is Cc1ccc(C(C)NCc2sccc2N)cc1. The van der Waals surface area contributed by atoms with Crippen molar-refractivity contribution in [3.8, 4) is 0 Å². The number of nitrogens with one attached hydrogen (secondary N) is 1. The summed E-state index contributed by atoms with van der Waals surface area (Å²) >= 11 is 1.70. The average Bonchev–Trinajstić information content (AvgIpc) is 2.73. The van der Waals surface area contributed by atoms with E-state index in [-0.39, 0.29) is 0 Å². The highest BCUT2D eigenvalue weighted by Crippen LogP contribution is 2.20. The molecule has 1 unspecified atom stereocenters. The van der Waals surface area contributed by atoms with Gasteiger partial charge in [-0.15, -0.1) is 11.3 Å². The van der Waals surface area contributed by atoms with Crippen molar-refractivity contribution in [2.75, 3.05) is 5.73 Å². The molecule has 1 heterocycles. The summed E-state index contributed by atoms with van der Waals surface area (Å²) in [5.74, 6) is 0. The van der Waals surface area contributed by atoms with Gasteiger partial charge in [-0.25, -0.2) is 0 Å². The Hall–Kier alpha value is -1.32. The van der Waals surface area contributed by atoms with E-state index in [0.717, 1.165) is 12.2 Å². The van der Waals surface area contributed by atoms with E-state index in [1.54, 1.807) is 11.3 Å². The van der Waals surface area contributed by atoms with Crippen molar-refractivity contribution in [1.82, 2.24) is 5.32 Å². The third-order valence-electron chi connectivity index (χ3n) is 2.93. The van der Waals surface area contributed by atoms with Crippen LogP contribution in [0.25, 0.3) is 0 Å². The van der Waals surface area contributed by atoms with Gasteiger partial charge in [0.15, 0.2) is 0 Å². The Kier molecular flexibility index (Phi) is 3.82. The van der Waals surface area contributed by atoms with E-state index in [1.165, 1.54) is 16.0 Å². The van der Waals surface area contributed by atoms with E-state index in [0.29, 0.717) is 6.04 Å². The largest absolute Gasteiger partial charge is 0.398 e. The fraction of sp³-hybridized carbons (Fsp3) is 0.286. The van der Waals surface area contributed by atoms with Crippen LogP contribution in [0.5, 0.6) is 0 Å². The summed E-state index contributed by atoms with van der Waals surface area (Å²) in [6.07, 6.45) is 0. The summed E-state index contributed by atoms with van der Waals surface area (Å²) in [6, 6.07) is 10.9. The lowest BCUT2D eigenvalue weighted by molar-refractivity contribution is 0.579. The number of anilines is 1. The van der Waals surface area contributed by atoms with E-state index in [2.05, 4.69) is 43.4 Å². The normalized spacial score (nSPS) is 12.6. The molecule has 1 aromatic heterocycles. The van der Waals surface area contributed by atoms with Crippen molar-refractivity contribution in [1.29, 1.82) is 0 Å². The minimum absolute atomic E-state index is 0.345. The van der Waals surface area contributed by atoms with E-state index >= 15 is 0 Å². The molecule has 90 valence electrons. The number of nitrogen functional groups attached to an aromatic ring is 1. The van der Waals surface area contributed by atoms with Gasteiger partial charge >= 0.3 is 0 Å². The molecule has 2 rings (SSSR count). The van der Waals surface area contributed by atoms with Gasteiger partial charge in [0.2, 0.25) is 0 Å². The van der Waals surface area contributed by atoms with Crippen LogP contribution in [0.4, 0.5) is 5.69 Å². The first kappa shape index (κ1) is 12.1. The minimum Gasteiger partial charge on any atom is -0.398 e. The van der Waals surface area contributed by atoms with Gasteiger partial charge in [-0.3, -0.25) is 0 Å². The second-order valence-electron chi connectivity index (χ2n) is 4.31. The number of hydrogen-bond donors (Lipinski definition) is 2. The van der Waals surface area contributed by atoms with Gasteiger partial charge in [-0.05, 0) is 30.9 Å². The summed E-state index contributed by atoms with van der Waals surface area (Å²) in [7, 11) is 0. The number of rotatable bonds is 4. The molecule has 3 heteroatoms. The van der Waals surface area contributed by atoms with Crippen LogP contribution in [0, 0.1) is 6.92 Å². The number of nitrogens with two attached hydrogens (primary N) is 1. The monoisotopic (exact) mass is 246 g/mol. The van der Waals surface area contributed by atoms with Gasteiger partial charge in [0.05, 0.1) is 0 Å². The summed E-state index contributed by atoms with van der Waals surface area (Å²) in [5, 5.41) is 5.52. The lowest BCUT2D eigenvalue weighted by atomic mass is 10.1. The number of hydrogen-bond acceptors (Lipinski definition) is 3. The third-order valence-corrected chi connectivity index (χ3v) is 3.86. The molecule has 0 bridgehead atoms. The van der Waals surface area contributed by atoms with Crippen LogP contribution in [-0.2, 0) is 6.54 Å². The van der Waals surface area contributed by atoms with Crippen LogP contribution in [0.2, 0.25) is 0 Å². The standard InChI is InChI=1S/C14H18N2S/c1-10-3-5-12(6-4-10)11(2)16-9-14-13(15)7-8-17-14/h3-8,11,16H,9,15H2,1-2H3. The maximum atomic E-state index is 5.86. The third kappa shape index (κ3) is 3.08. The smallest absolute Gasteiger partial charge is 0.0468 e. The van der Waals surface area contributed by atoms with Gasteiger partial charge in [0, 0.05) is 23.2 Å². The highest BCUT2D eigenvalue weighted by atomic mass is 32.1. The maximum absolute atomic E-state index is 5.86. The molecule has 0 saturated heterocycles. The van der Waals surface area contributed by atoms with Gasteiger partial charge in [-0.2, -0.15) is 0 Å². The highest BCUT2D eigenvalue weighted by molar-refractivity contribution is 7.10. The van der Waals surface area contributed by atoms with Gasteiger partial charge in [0.1, 0.15) is 0 Å². The second-order valence-corrected chi connectivity index (χ2v) is 5.31. The van der Waals surface area contributed by atoms with Crippen LogP contribution in [-0.4, -0.2) is 0 Å². The summed E-state index contributed by atoms with van der Waals surface area (Å²) in [6.45, 7) is 5.11. The minimum atomic E-state index is 0.345. The molecule has 2 nitrogen and oxygen atoms in total. The molecule has 0 aliphatic carbocycles. The van der Waals surface area contributed by atoms with E-state index in [4.69, 9.17) is 5.73 Å². The molecule has 0 fully saturated rings. The van der Waals surface area contributed by atoms with E-state index in [9.17, 15) is 0 Å². The molecule has 0 aliphatic rings. The van der Waals surface area contributed by atoms with Crippen LogP contribution in [0.1, 0.15) is 29.0 Å². The van der Waals surface area contributed by atoms with Crippen molar-refractivity contribution in [2.24, 2.45) is 0 Å². The van der Waals surface area contributed by atoms with Gasteiger partial charge in [0.25, 0.3) is 0 Å². The number of benzene rings is 1. The fourth-order valence-electron chi connectivity index (χ4n) is 1.71.